The number of non-ortho nitro benzene ring substituents is 1. The molecule has 19 heavy (non-hydrogen) atoms. The molecule has 0 radical (unpaired) electrons. The first-order valence-electron chi connectivity index (χ1n) is 6.21. The fraction of sp³-hybridized carbons (Fsp3) is 0.462. The molecule has 0 atom stereocenters. The van der Waals surface area contributed by atoms with Crippen LogP contribution in [-0.2, 0) is 4.79 Å². The van der Waals surface area contributed by atoms with E-state index in [1.54, 1.807) is 13.0 Å². The number of hydrogen-bond acceptors (Lipinski definition) is 4. The molecule has 0 unspecified atom stereocenters. The van der Waals surface area contributed by atoms with Gasteiger partial charge in [-0.3, -0.25) is 10.1 Å². The highest BCUT2D eigenvalue weighted by Crippen LogP contribution is 2.35. The molecule has 1 saturated carbocycles. The van der Waals surface area contributed by atoms with Gasteiger partial charge in [-0.15, -0.1) is 0 Å². The summed E-state index contributed by atoms with van der Waals surface area (Å²) < 4.78 is 0. The number of aryl methyl sites for hydroxylation is 1. The topological polar surface area (TPSA) is 92.5 Å². The number of carboxylic acid groups (broad SMARTS) is 1. The number of aliphatic carboxylic acids is 1. The molecular formula is C13H16N2O4. The van der Waals surface area contributed by atoms with E-state index >= 15 is 0 Å². The maximum absolute atomic E-state index is 11.4. The van der Waals surface area contributed by atoms with Gasteiger partial charge >= 0.3 is 5.97 Å². The molecule has 6 nitrogen and oxygen atoms in total. The second-order valence-corrected chi connectivity index (χ2v) is 4.98. The van der Waals surface area contributed by atoms with Crippen molar-refractivity contribution < 1.29 is 14.8 Å². The first-order valence-corrected chi connectivity index (χ1v) is 6.21. The van der Waals surface area contributed by atoms with Gasteiger partial charge in [-0.25, -0.2) is 4.79 Å². The van der Waals surface area contributed by atoms with Crippen molar-refractivity contribution >= 4 is 17.3 Å². The second-order valence-electron chi connectivity index (χ2n) is 4.98. The predicted molar refractivity (Wildman–Crippen MR) is 70.3 cm³/mol. The number of benzene rings is 1. The van der Waals surface area contributed by atoms with Crippen LogP contribution in [0.3, 0.4) is 0 Å². The van der Waals surface area contributed by atoms with Gasteiger partial charge in [-0.2, -0.15) is 0 Å². The third-order valence-corrected chi connectivity index (χ3v) is 3.66. The molecule has 0 aromatic heterocycles. The molecule has 2 N–H and O–H groups in total. The van der Waals surface area contributed by atoms with Gasteiger partial charge in [-0.05, 0) is 31.4 Å². The zero-order valence-electron chi connectivity index (χ0n) is 10.7. The van der Waals surface area contributed by atoms with E-state index in [1.807, 2.05) is 0 Å². The minimum atomic E-state index is -0.930. The van der Waals surface area contributed by atoms with E-state index in [-0.39, 0.29) is 5.69 Å². The number of hydrogen-bond donors (Lipinski definition) is 2. The van der Waals surface area contributed by atoms with Crippen LogP contribution in [0, 0.1) is 17.0 Å². The van der Waals surface area contributed by atoms with E-state index < -0.39 is 16.4 Å². The first kappa shape index (κ1) is 13.3. The highest BCUT2D eigenvalue weighted by Gasteiger charge is 2.41. The summed E-state index contributed by atoms with van der Waals surface area (Å²) >= 11 is 0. The number of nitrogens with zero attached hydrogens (tertiary/aromatic N) is 1. The summed E-state index contributed by atoms with van der Waals surface area (Å²) in [6, 6.07) is 4.42. The second kappa shape index (κ2) is 4.87. The van der Waals surface area contributed by atoms with Crippen LogP contribution in [0.1, 0.15) is 31.2 Å². The Labute approximate surface area is 110 Å². The van der Waals surface area contributed by atoms with Crippen LogP contribution in [0.15, 0.2) is 18.2 Å². The molecule has 2 rings (SSSR count). The SMILES string of the molecule is Cc1cc([N+](=O)[O-])ccc1NC1(C(=O)O)CCCC1. The van der Waals surface area contributed by atoms with Gasteiger partial charge in [0.15, 0.2) is 0 Å². The summed E-state index contributed by atoms with van der Waals surface area (Å²) in [5, 5.41) is 23.1. The lowest BCUT2D eigenvalue weighted by molar-refractivity contribution is -0.384. The molecule has 0 saturated heterocycles. The monoisotopic (exact) mass is 264 g/mol. The van der Waals surface area contributed by atoms with Crippen LogP contribution < -0.4 is 5.32 Å². The molecule has 1 aromatic rings. The molecule has 1 aliphatic carbocycles. The molecule has 0 aliphatic heterocycles. The summed E-state index contributed by atoms with van der Waals surface area (Å²) in [5.41, 5.74) is 0.413. The van der Waals surface area contributed by atoms with Crippen molar-refractivity contribution in [2.75, 3.05) is 5.32 Å². The molecule has 0 spiro atoms. The number of nitrogens with one attached hydrogen (secondary N) is 1. The Balaban J connectivity index is 2.28. The van der Waals surface area contributed by atoms with Gasteiger partial charge in [0, 0.05) is 17.8 Å². The number of nitro benzene ring substituents is 1. The van der Waals surface area contributed by atoms with Crippen LogP contribution in [-0.4, -0.2) is 21.5 Å². The van der Waals surface area contributed by atoms with Crippen molar-refractivity contribution in [2.45, 2.75) is 38.1 Å². The van der Waals surface area contributed by atoms with Crippen molar-refractivity contribution in [2.24, 2.45) is 0 Å². The Bertz CT molecular complexity index is 521. The Morgan fingerprint density at radius 3 is 2.53 bits per heavy atom. The van der Waals surface area contributed by atoms with Crippen molar-refractivity contribution in [3.05, 3.63) is 33.9 Å². The lowest BCUT2D eigenvalue weighted by Crippen LogP contribution is -2.43. The highest BCUT2D eigenvalue weighted by molar-refractivity contribution is 5.83. The Hall–Kier alpha value is -2.11. The van der Waals surface area contributed by atoms with E-state index in [2.05, 4.69) is 5.32 Å². The lowest BCUT2D eigenvalue weighted by Gasteiger charge is -2.27. The largest absolute Gasteiger partial charge is 0.480 e. The predicted octanol–water partition coefficient (Wildman–Crippen LogP) is 2.71. The van der Waals surface area contributed by atoms with E-state index in [9.17, 15) is 20.0 Å². The van der Waals surface area contributed by atoms with Gasteiger partial charge in [0.25, 0.3) is 5.69 Å². The average molecular weight is 264 g/mol. The van der Waals surface area contributed by atoms with Crippen LogP contribution in [0.25, 0.3) is 0 Å². The maximum atomic E-state index is 11.4. The van der Waals surface area contributed by atoms with Crippen LogP contribution in [0.2, 0.25) is 0 Å². The van der Waals surface area contributed by atoms with Crippen LogP contribution in [0.5, 0.6) is 0 Å². The van der Waals surface area contributed by atoms with E-state index in [1.165, 1.54) is 12.1 Å². The first-order chi connectivity index (χ1) is 8.94. The number of nitro groups is 1. The number of carbonyl (C=O) groups is 1. The molecule has 1 fully saturated rings. The number of carboxylic acids is 1. The standard InChI is InChI=1S/C13H16N2O4/c1-9-8-10(15(18)19)4-5-11(9)14-13(12(16)17)6-2-3-7-13/h4-5,8,14H,2-3,6-7H2,1H3,(H,16,17). The lowest BCUT2D eigenvalue weighted by atomic mass is 9.96. The minimum Gasteiger partial charge on any atom is -0.480 e. The summed E-state index contributed by atoms with van der Waals surface area (Å²) in [4.78, 5) is 21.7. The molecule has 0 heterocycles. The minimum absolute atomic E-state index is 0.0128. The van der Waals surface area contributed by atoms with Crippen molar-refractivity contribution in [3.8, 4) is 0 Å². The van der Waals surface area contributed by atoms with E-state index in [0.717, 1.165) is 12.8 Å². The summed E-state index contributed by atoms with van der Waals surface area (Å²) in [6.45, 7) is 1.74. The molecule has 6 heteroatoms. The quantitative estimate of drug-likeness (QED) is 0.644. The fourth-order valence-corrected chi connectivity index (χ4v) is 2.53. The third kappa shape index (κ3) is 2.52. The molecule has 102 valence electrons. The van der Waals surface area contributed by atoms with Gasteiger partial charge in [0.2, 0.25) is 0 Å². The zero-order valence-corrected chi connectivity index (χ0v) is 10.7. The summed E-state index contributed by atoms with van der Waals surface area (Å²) in [7, 11) is 0. The van der Waals surface area contributed by atoms with Crippen LogP contribution in [0.4, 0.5) is 11.4 Å². The van der Waals surface area contributed by atoms with Crippen molar-refractivity contribution in [3.63, 3.8) is 0 Å². The normalized spacial score (nSPS) is 17.1. The van der Waals surface area contributed by atoms with Gasteiger partial charge < -0.3 is 10.4 Å². The van der Waals surface area contributed by atoms with E-state index in [0.29, 0.717) is 24.1 Å². The summed E-state index contributed by atoms with van der Waals surface area (Å²) in [5.74, 6) is -0.859. The van der Waals surface area contributed by atoms with E-state index in [4.69, 9.17) is 0 Å². The summed E-state index contributed by atoms with van der Waals surface area (Å²) in [6.07, 6.45) is 2.92. The van der Waals surface area contributed by atoms with Gasteiger partial charge in [-0.1, -0.05) is 12.8 Å². The van der Waals surface area contributed by atoms with Crippen molar-refractivity contribution in [1.82, 2.24) is 0 Å². The van der Waals surface area contributed by atoms with Gasteiger partial charge in [0.1, 0.15) is 5.54 Å². The molecular weight excluding hydrogens is 248 g/mol. The smallest absolute Gasteiger partial charge is 0.329 e. The average Bonchev–Trinajstić information content (AvgIpc) is 2.81. The highest BCUT2D eigenvalue weighted by atomic mass is 16.6. The molecule has 0 amide bonds. The fourth-order valence-electron chi connectivity index (χ4n) is 2.53. The molecule has 1 aliphatic rings. The third-order valence-electron chi connectivity index (χ3n) is 3.66. The molecule has 0 bridgehead atoms. The Morgan fingerprint density at radius 1 is 1.42 bits per heavy atom. The van der Waals surface area contributed by atoms with Crippen LogP contribution >= 0.6 is 0 Å². The number of rotatable bonds is 4. The maximum Gasteiger partial charge on any atom is 0.329 e. The zero-order chi connectivity index (χ0) is 14.0. The molecule has 1 aromatic carbocycles. The van der Waals surface area contributed by atoms with Gasteiger partial charge in [0.05, 0.1) is 4.92 Å². The Kier molecular flexibility index (Phi) is 3.42. The Morgan fingerprint density at radius 2 is 2.05 bits per heavy atom. The van der Waals surface area contributed by atoms with Crippen molar-refractivity contribution in [1.29, 1.82) is 0 Å². The number of anilines is 1.